The molecule has 2 aliphatic heterocycles. The summed E-state index contributed by atoms with van der Waals surface area (Å²) >= 11 is 0. The molecule has 2 amide bonds. The van der Waals surface area contributed by atoms with Crippen molar-refractivity contribution in [2.24, 2.45) is 5.92 Å². The van der Waals surface area contributed by atoms with E-state index in [0.717, 1.165) is 71.4 Å². The van der Waals surface area contributed by atoms with Crippen molar-refractivity contribution >= 4 is 11.8 Å². The Morgan fingerprint density at radius 3 is 2.68 bits per heavy atom. The van der Waals surface area contributed by atoms with E-state index in [-0.39, 0.29) is 11.8 Å². The lowest BCUT2D eigenvalue weighted by Gasteiger charge is -2.44. The molecular weight excluding hydrogens is 358 g/mol. The molecule has 7 heteroatoms. The quantitative estimate of drug-likeness (QED) is 0.771. The van der Waals surface area contributed by atoms with Crippen LogP contribution >= 0.6 is 0 Å². The summed E-state index contributed by atoms with van der Waals surface area (Å²) in [5, 5.41) is 3.00. The first-order valence-electron chi connectivity index (χ1n) is 10.6. The lowest BCUT2D eigenvalue weighted by atomic mass is 9.98. The Balaban J connectivity index is 1.36. The van der Waals surface area contributed by atoms with Crippen LogP contribution in [0.25, 0.3) is 0 Å². The Hall–Kier alpha value is -1.86. The summed E-state index contributed by atoms with van der Waals surface area (Å²) in [6.07, 6.45) is 9.30. The van der Waals surface area contributed by atoms with Crippen molar-refractivity contribution in [3.8, 4) is 0 Å². The highest BCUT2D eigenvalue weighted by Gasteiger charge is 2.37. The van der Waals surface area contributed by atoms with Gasteiger partial charge >= 0.3 is 0 Å². The Morgan fingerprint density at radius 1 is 1.14 bits per heavy atom. The van der Waals surface area contributed by atoms with Gasteiger partial charge in [-0.05, 0) is 44.6 Å². The van der Waals surface area contributed by atoms with Gasteiger partial charge < -0.3 is 19.4 Å². The first kappa shape index (κ1) is 19.5. The molecule has 3 heterocycles. The Kier molecular flexibility index (Phi) is 6.32. The van der Waals surface area contributed by atoms with Gasteiger partial charge in [0.05, 0.1) is 11.8 Å². The SMILES string of the molecule is O=C(NCCN(C1CCOCC1)C1CCCN(C(=O)C2CC2)C1)c1ccoc1. The van der Waals surface area contributed by atoms with Gasteiger partial charge in [0.2, 0.25) is 5.91 Å². The van der Waals surface area contributed by atoms with Crippen LogP contribution in [0.2, 0.25) is 0 Å². The molecular formula is C21H31N3O4. The van der Waals surface area contributed by atoms with E-state index >= 15 is 0 Å². The Bertz CT molecular complexity index is 653. The summed E-state index contributed by atoms with van der Waals surface area (Å²) in [7, 11) is 0. The van der Waals surface area contributed by atoms with E-state index in [1.54, 1.807) is 6.07 Å². The molecule has 0 aromatic carbocycles. The van der Waals surface area contributed by atoms with Crippen LogP contribution in [-0.4, -0.2) is 73.1 Å². The molecule has 1 N–H and O–H groups in total. The zero-order valence-electron chi connectivity index (χ0n) is 16.5. The average Bonchev–Trinajstić information content (AvgIpc) is 3.44. The first-order chi connectivity index (χ1) is 13.7. The molecule has 7 nitrogen and oxygen atoms in total. The van der Waals surface area contributed by atoms with E-state index in [1.807, 2.05) is 0 Å². The summed E-state index contributed by atoms with van der Waals surface area (Å²) in [5.74, 6) is 0.532. The summed E-state index contributed by atoms with van der Waals surface area (Å²) in [5.41, 5.74) is 0.552. The molecule has 1 atom stereocenters. The fourth-order valence-corrected chi connectivity index (χ4v) is 4.49. The van der Waals surface area contributed by atoms with Crippen LogP contribution in [0, 0.1) is 5.92 Å². The molecule has 3 aliphatic rings. The van der Waals surface area contributed by atoms with Crippen molar-refractivity contribution in [1.29, 1.82) is 0 Å². The molecule has 28 heavy (non-hydrogen) atoms. The third kappa shape index (κ3) is 4.75. The minimum absolute atomic E-state index is 0.102. The van der Waals surface area contributed by atoms with Gasteiger partial charge in [0, 0.05) is 57.4 Å². The fraction of sp³-hybridized carbons (Fsp3) is 0.714. The highest BCUT2D eigenvalue weighted by molar-refractivity contribution is 5.93. The van der Waals surface area contributed by atoms with Crippen molar-refractivity contribution in [1.82, 2.24) is 15.1 Å². The van der Waals surface area contributed by atoms with Crippen LogP contribution in [0.15, 0.2) is 23.0 Å². The van der Waals surface area contributed by atoms with Gasteiger partial charge in [0.15, 0.2) is 0 Å². The largest absolute Gasteiger partial charge is 0.472 e. The maximum atomic E-state index is 12.6. The molecule has 0 bridgehead atoms. The van der Waals surface area contributed by atoms with Gasteiger partial charge in [0.1, 0.15) is 6.26 Å². The number of ether oxygens (including phenoxy) is 1. The molecule has 0 radical (unpaired) electrons. The maximum Gasteiger partial charge on any atom is 0.254 e. The number of rotatable bonds is 7. The van der Waals surface area contributed by atoms with Crippen LogP contribution < -0.4 is 5.32 Å². The molecule has 3 fully saturated rings. The molecule has 1 aromatic rings. The highest BCUT2D eigenvalue weighted by atomic mass is 16.5. The number of hydrogen-bond donors (Lipinski definition) is 1. The minimum Gasteiger partial charge on any atom is -0.472 e. The number of furan rings is 1. The molecule has 2 saturated heterocycles. The number of piperidine rings is 1. The number of likely N-dealkylation sites (tertiary alicyclic amines) is 1. The molecule has 0 spiro atoms. The van der Waals surface area contributed by atoms with E-state index in [4.69, 9.17) is 9.15 Å². The monoisotopic (exact) mass is 389 g/mol. The molecule has 1 saturated carbocycles. The second-order valence-corrected chi connectivity index (χ2v) is 8.20. The van der Waals surface area contributed by atoms with Crippen LogP contribution in [0.5, 0.6) is 0 Å². The normalized spacial score (nSPS) is 23.8. The molecule has 1 aliphatic carbocycles. The molecule has 154 valence electrons. The zero-order valence-corrected chi connectivity index (χ0v) is 16.5. The van der Waals surface area contributed by atoms with Gasteiger partial charge in [-0.15, -0.1) is 0 Å². The van der Waals surface area contributed by atoms with E-state index < -0.39 is 0 Å². The van der Waals surface area contributed by atoms with Crippen LogP contribution in [0.4, 0.5) is 0 Å². The highest BCUT2D eigenvalue weighted by Crippen LogP contribution is 2.32. The van der Waals surface area contributed by atoms with Crippen LogP contribution in [-0.2, 0) is 9.53 Å². The van der Waals surface area contributed by atoms with Crippen molar-refractivity contribution < 1.29 is 18.7 Å². The van der Waals surface area contributed by atoms with Crippen LogP contribution in [0.1, 0.15) is 48.9 Å². The predicted octanol–water partition coefficient (Wildman–Crippen LogP) is 1.89. The van der Waals surface area contributed by atoms with Crippen LogP contribution in [0.3, 0.4) is 0 Å². The number of carbonyl (C=O) groups is 2. The van der Waals surface area contributed by atoms with Gasteiger partial charge in [-0.25, -0.2) is 0 Å². The lowest BCUT2D eigenvalue weighted by molar-refractivity contribution is -0.135. The number of nitrogens with zero attached hydrogens (tertiary/aromatic N) is 2. The Labute approximate surface area is 166 Å². The van der Waals surface area contributed by atoms with Crippen molar-refractivity contribution in [2.45, 2.75) is 50.6 Å². The van der Waals surface area contributed by atoms with E-state index in [0.29, 0.717) is 30.1 Å². The summed E-state index contributed by atoms with van der Waals surface area (Å²) in [4.78, 5) is 29.4. The molecule has 1 aromatic heterocycles. The fourth-order valence-electron chi connectivity index (χ4n) is 4.49. The second kappa shape index (κ2) is 9.09. The van der Waals surface area contributed by atoms with E-state index in [9.17, 15) is 9.59 Å². The number of hydrogen-bond acceptors (Lipinski definition) is 5. The first-order valence-corrected chi connectivity index (χ1v) is 10.6. The van der Waals surface area contributed by atoms with Gasteiger partial charge in [-0.1, -0.05) is 0 Å². The third-order valence-electron chi connectivity index (χ3n) is 6.20. The van der Waals surface area contributed by atoms with Gasteiger partial charge in [0.25, 0.3) is 5.91 Å². The summed E-state index contributed by atoms with van der Waals surface area (Å²) in [6.45, 7) is 4.69. The third-order valence-corrected chi connectivity index (χ3v) is 6.20. The predicted molar refractivity (Wildman–Crippen MR) is 104 cm³/mol. The number of carbonyl (C=O) groups excluding carboxylic acids is 2. The second-order valence-electron chi connectivity index (χ2n) is 8.20. The Morgan fingerprint density at radius 2 is 1.96 bits per heavy atom. The standard InChI is InChI=1S/C21H31N3O4/c25-20(17-5-11-28-15-17)22-8-10-24(18-6-12-27-13-7-18)19-2-1-9-23(14-19)21(26)16-3-4-16/h5,11,15-16,18-19H,1-4,6-10,12-14H2,(H,22,25). The molecule has 4 rings (SSSR count). The molecule has 1 unspecified atom stereocenters. The van der Waals surface area contributed by atoms with E-state index in [2.05, 4.69) is 15.1 Å². The van der Waals surface area contributed by atoms with E-state index in [1.165, 1.54) is 12.5 Å². The smallest absolute Gasteiger partial charge is 0.254 e. The van der Waals surface area contributed by atoms with Gasteiger partial charge in [-0.2, -0.15) is 0 Å². The maximum absolute atomic E-state index is 12.6. The zero-order chi connectivity index (χ0) is 19.3. The minimum atomic E-state index is -0.102. The average molecular weight is 389 g/mol. The van der Waals surface area contributed by atoms with Crippen molar-refractivity contribution in [3.05, 3.63) is 24.2 Å². The van der Waals surface area contributed by atoms with Crippen molar-refractivity contribution in [2.75, 3.05) is 39.4 Å². The number of nitrogens with one attached hydrogen (secondary N) is 1. The number of amides is 2. The topological polar surface area (TPSA) is 75.0 Å². The van der Waals surface area contributed by atoms with Gasteiger partial charge in [-0.3, -0.25) is 14.5 Å². The summed E-state index contributed by atoms with van der Waals surface area (Å²) < 4.78 is 10.5. The lowest BCUT2D eigenvalue weighted by Crippen LogP contribution is -2.55. The van der Waals surface area contributed by atoms with Crippen molar-refractivity contribution in [3.63, 3.8) is 0 Å². The summed E-state index contributed by atoms with van der Waals surface area (Å²) in [6, 6.07) is 2.50.